The molecule has 1 aliphatic rings. The number of benzene rings is 2. The maximum Gasteiger partial charge on any atom is 0.222 e. The number of piperidine rings is 1. The van der Waals surface area contributed by atoms with Gasteiger partial charge in [0, 0.05) is 30.1 Å². The van der Waals surface area contributed by atoms with Gasteiger partial charge in [0.25, 0.3) is 0 Å². The number of likely N-dealkylation sites (tertiary alicyclic amines) is 1. The molecule has 1 saturated heterocycles. The molecule has 1 heterocycles. The first kappa shape index (κ1) is 18.9. The minimum Gasteiger partial charge on any atom is -0.343 e. The number of carbonyl (C=O) groups is 1. The zero-order chi connectivity index (χ0) is 18.6. The van der Waals surface area contributed by atoms with E-state index in [4.69, 9.17) is 11.6 Å². The van der Waals surface area contributed by atoms with E-state index in [0.717, 1.165) is 42.9 Å². The molecule has 0 saturated carbocycles. The summed E-state index contributed by atoms with van der Waals surface area (Å²) in [5.41, 5.74) is 2.48. The van der Waals surface area contributed by atoms with E-state index < -0.39 is 0 Å². The third kappa shape index (κ3) is 4.11. The lowest BCUT2D eigenvalue weighted by molar-refractivity contribution is -0.133. The van der Waals surface area contributed by atoms with Crippen molar-refractivity contribution in [3.8, 4) is 0 Å². The molecule has 0 unspecified atom stereocenters. The second-order valence-corrected chi connectivity index (χ2v) is 7.74. The Labute approximate surface area is 161 Å². The zero-order valence-electron chi connectivity index (χ0n) is 15.6. The molecule has 1 aliphatic heterocycles. The van der Waals surface area contributed by atoms with Crippen molar-refractivity contribution < 1.29 is 4.79 Å². The number of amides is 1. The highest BCUT2D eigenvalue weighted by Gasteiger charge is 2.38. The Morgan fingerprint density at radius 3 is 2.38 bits per heavy atom. The Kier molecular flexibility index (Phi) is 6.00. The van der Waals surface area contributed by atoms with Gasteiger partial charge < -0.3 is 4.90 Å². The molecule has 2 aromatic rings. The first-order chi connectivity index (χ1) is 12.5. The minimum atomic E-state index is 0.0188. The molecule has 3 nitrogen and oxygen atoms in total. The first-order valence-corrected chi connectivity index (χ1v) is 9.64. The Morgan fingerprint density at radius 1 is 1.08 bits per heavy atom. The van der Waals surface area contributed by atoms with Crippen LogP contribution in [-0.2, 0) is 16.8 Å². The van der Waals surface area contributed by atoms with Crippen LogP contribution in [0.3, 0.4) is 0 Å². The molecule has 4 heteroatoms. The zero-order valence-corrected chi connectivity index (χ0v) is 16.4. The number of hydrogen-bond acceptors (Lipinski definition) is 2. The standard InChI is InChI=1S/C22H27ClN2O/c1-24(2)22(19-8-4-3-5-9-19)13-15-25(16-14-22)21(26)12-11-18-7-6-10-20(23)17-18/h3-10,17H,11-16H2,1-2H3. The summed E-state index contributed by atoms with van der Waals surface area (Å²) in [5.74, 6) is 0.241. The lowest BCUT2D eigenvalue weighted by Gasteiger charge is -2.46. The van der Waals surface area contributed by atoms with Crippen LogP contribution in [0.1, 0.15) is 30.4 Å². The summed E-state index contributed by atoms with van der Waals surface area (Å²) in [6.07, 6.45) is 3.22. The SMILES string of the molecule is CN(C)C1(c2ccccc2)CCN(C(=O)CCc2cccc(Cl)c2)CC1. The molecule has 2 aromatic carbocycles. The number of hydrogen-bond donors (Lipinski definition) is 0. The van der Waals surface area contributed by atoms with E-state index in [1.165, 1.54) is 5.56 Å². The quantitative estimate of drug-likeness (QED) is 0.781. The average molecular weight is 371 g/mol. The van der Waals surface area contributed by atoms with Gasteiger partial charge in [-0.25, -0.2) is 0 Å². The van der Waals surface area contributed by atoms with E-state index in [2.05, 4.69) is 49.3 Å². The molecule has 138 valence electrons. The molecular formula is C22H27ClN2O. The van der Waals surface area contributed by atoms with Gasteiger partial charge in [-0.1, -0.05) is 54.1 Å². The van der Waals surface area contributed by atoms with Crippen molar-refractivity contribution in [2.24, 2.45) is 0 Å². The highest BCUT2D eigenvalue weighted by atomic mass is 35.5. The number of rotatable bonds is 5. The molecule has 0 aromatic heterocycles. The predicted molar refractivity (Wildman–Crippen MR) is 107 cm³/mol. The number of nitrogens with zero attached hydrogens (tertiary/aromatic N) is 2. The van der Waals surface area contributed by atoms with E-state index in [1.54, 1.807) is 0 Å². The van der Waals surface area contributed by atoms with E-state index in [-0.39, 0.29) is 11.4 Å². The Hall–Kier alpha value is -1.84. The van der Waals surface area contributed by atoms with Crippen molar-refractivity contribution in [1.29, 1.82) is 0 Å². The van der Waals surface area contributed by atoms with E-state index in [0.29, 0.717) is 6.42 Å². The van der Waals surface area contributed by atoms with Gasteiger partial charge in [-0.3, -0.25) is 9.69 Å². The van der Waals surface area contributed by atoms with Crippen molar-refractivity contribution in [2.75, 3.05) is 27.2 Å². The van der Waals surface area contributed by atoms with Crippen molar-refractivity contribution in [1.82, 2.24) is 9.80 Å². The van der Waals surface area contributed by atoms with E-state index >= 15 is 0 Å². The van der Waals surface area contributed by atoms with E-state index in [1.807, 2.05) is 29.2 Å². The summed E-state index contributed by atoms with van der Waals surface area (Å²) < 4.78 is 0. The van der Waals surface area contributed by atoms with Crippen LogP contribution in [0.15, 0.2) is 54.6 Å². The predicted octanol–water partition coefficient (Wildman–Crippen LogP) is 4.35. The molecule has 26 heavy (non-hydrogen) atoms. The second-order valence-electron chi connectivity index (χ2n) is 7.30. The molecule has 0 atom stereocenters. The molecule has 0 radical (unpaired) electrons. The van der Waals surface area contributed by atoms with Gasteiger partial charge in [-0.2, -0.15) is 0 Å². The lowest BCUT2D eigenvalue weighted by atomic mass is 9.79. The summed E-state index contributed by atoms with van der Waals surface area (Å²) in [7, 11) is 4.28. The molecule has 1 amide bonds. The van der Waals surface area contributed by atoms with Crippen LogP contribution in [0.2, 0.25) is 5.02 Å². The molecule has 0 aliphatic carbocycles. The Balaban J connectivity index is 1.61. The minimum absolute atomic E-state index is 0.0188. The fourth-order valence-electron chi connectivity index (χ4n) is 3.97. The monoisotopic (exact) mass is 370 g/mol. The first-order valence-electron chi connectivity index (χ1n) is 9.26. The van der Waals surface area contributed by atoms with Gasteiger partial charge in [-0.05, 0) is 56.6 Å². The van der Waals surface area contributed by atoms with Gasteiger partial charge in [0.2, 0.25) is 5.91 Å². The van der Waals surface area contributed by atoms with Crippen LogP contribution in [0.4, 0.5) is 0 Å². The van der Waals surface area contributed by atoms with Crippen molar-refractivity contribution in [2.45, 2.75) is 31.2 Å². The van der Waals surface area contributed by atoms with Crippen LogP contribution < -0.4 is 0 Å². The van der Waals surface area contributed by atoms with Crippen LogP contribution in [0, 0.1) is 0 Å². The van der Waals surface area contributed by atoms with Gasteiger partial charge in [0.15, 0.2) is 0 Å². The Bertz CT molecular complexity index is 737. The maximum absolute atomic E-state index is 12.7. The molecule has 0 N–H and O–H groups in total. The summed E-state index contributed by atoms with van der Waals surface area (Å²) in [5, 5.41) is 0.728. The normalized spacial score (nSPS) is 16.7. The van der Waals surface area contributed by atoms with Crippen molar-refractivity contribution in [3.05, 3.63) is 70.7 Å². The number of halogens is 1. The molecule has 0 bridgehead atoms. The topological polar surface area (TPSA) is 23.6 Å². The average Bonchev–Trinajstić information content (AvgIpc) is 2.67. The highest BCUT2D eigenvalue weighted by molar-refractivity contribution is 6.30. The third-order valence-corrected chi connectivity index (χ3v) is 5.86. The highest BCUT2D eigenvalue weighted by Crippen LogP contribution is 2.37. The van der Waals surface area contributed by atoms with Gasteiger partial charge in [-0.15, -0.1) is 0 Å². The summed E-state index contributed by atoms with van der Waals surface area (Å²) in [4.78, 5) is 17.0. The maximum atomic E-state index is 12.7. The summed E-state index contributed by atoms with van der Waals surface area (Å²) in [6.45, 7) is 1.61. The van der Waals surface area contributed by atoms with Gasteiger partial charge in [0.05, 0.1) is 0 Å². The molecular weight excluding hydrogens is 344 g/mol. The Morgan fingerprint density at radius 2 is 1.77 bits per heavy atom. The third-order valence-electron chi connectivity index (χ3n) is 5.63. The van der Waals surface area contributed by atoms with Crippen molar-refractivity contribution in [3.63, 3.8) is 0 Å². The number of aryl methyl sites for hydroxylation is 1. The lowest BCUT2D eigenvalue weighted by Crippen LogP contribution is -2.51. The molecule has 1 fully saturated rings. The summed E-state index contributed by atoms with van der Waals surface area (Å²) in [6, 6.07) is 18.4. The van der Waals surface area contributed by atoms with Crippen molar-refractivity contribution >= 4 is 17.5 Å². The fourth-order valence-corrected chi connectivity index (χ4v) is 4.18. The largest absolute Gasteiger partial charge is 0.343 e. The van der Waals surface area contributed by atoms with Crippen LogP contribution in [0.5, 0.6) is 0 Å². The summed E-state index contributed by atoms with van der Waals surface area (Å²) >= 11 is 6.03. The number of carbonyl (C=O) groups excluding carboxylic acids is 1. The molecule has 0 spiro atoms. The van der Waals surface area contributed by atoms with Crippen LogP contribution in [0.25, 0.3) is 0 Å². The van der Waals surface area contributed by atoms with Crippen LogP contribution in [-0.4, -0.2) is 42.9 Å². The van der Waals surface area contributed by atoms with E-state index in [9.17, 15) is 4.79 Å². The van der Waals surface area contributed by atoms with Crippen LogP contribution >= 0.6 is 11.6 Å². The second kappa shape index (κ2) is 8.24. The van der Waals surface area contributed by atoms with Gasteiger partial charge in [0.1, 0.15) is 0 Å². The fraction of sp³-hybridized carbons (Fsp3) is 0.409. The smallest absolute Gasteiger partial charge is 0.222 e. The molecule has 3 rings (SSSR count). The van der Waals surface area contributed by atoms with Gasteiger partial charge >= 0.3 is 0 Å².